The van der Waals surface area contributed by atoms with Gasteiger partial charge in [-0.05, 0) is 42.8 Å². The van der Waals surface area contributed by atoms with Crippen molar-refractivity contribution in [3.05, 3.63) is 59.7 Å². The van der Waals surface area contributed by atoms with Gasteiger partial charge in [-0.3, -0.25) is 0 Å². The Bertz CT molecular complexity index is 509. The van der Waals surface area contributed by atoms with Crippen LogP contribution in [0.5, 0.6) is 0 Å². The molecule has 0 unspecified atom stereocenters. The van der Waals surface area contributed by atoms with Crippen LogP contribution in [0.3, 0.4) is 0 Å². The molecule has 1 N–H and O–H groups in total. The summed E-state index contributed by atoms with van der Waals surface area (Å²) in [4.78, 5) is 0. The van der Waals surface area contributed by atoms with E-state index in [1.165, 1.54) is 18.2 Å². The van der Waals surface area contributed by atoms with E-state index in [0.717, 1.165) is 0 Å². The molecule has 0 aromatic heterocycles. The van der Waals surface area contributed by atoms with Crippen molar-refractivity contribution in [2.75, 3.05) is 5.32 Å². The Kier molecular flexibility index (Phi) is 2.86. The molecule has 3 heteroatoms. The van der Waals surface area contributed by atoms with E-state index in [2.05, 4.69) is 5.32 Å². The summed E-state index contributed by atoms with van der Waals surface area (Å²) < 4.78 is 26.1. The number of nitrogens with one attached hydrogen (secondary N) is 1. The number of rotatable bonds is 2. The van der Waals surface area contributed by atoms with Crippen LogP contribution in [-0.2, 0) is 0 Å². The first-order valence-corrected chi connectivity index (χ1v) is 4.94. The van der Waals surface area contributed by atoms with Crippen molar-refractivity contribution >= 4 is 11.4 Å². The van der Waals surface area contributed by atoms with Crippen LogP contribution in [-0.4, -0.2) is 0 Å². The molecule has 0 fully saturated rings. The normalized spacial score (nSPS) is 10.2. The maximum absolute atomic E-state index is 13.2. The van der Waals surface area contributed by atoms with Crippen LogP contribution in [0.25, 0.3) is 0 Å². The zero-order valence-electron chi connectivity index (χ0n) is 8.80. The van der Waals surface area contributed by atoms with Gasteiger partial charge in [-0.25, -0.2) is 8.78 Å². The summed E-state index contributed by atoms with van der Waals surface area (Å²) in [6.45, 7) is 1.70. The fourth-order valence-electron chi connectivity index (χ4n) is 1.40. The van der Waals surface area contributed by atoms with Crippen molar-refractivity contribution in [1.82, 2.24) is 0 Å². The monoisotopic (exact) mass is 219 g/mol. The van der Waals surface area contributed by atoms with E-state index in [0.29, 0.717) is 16.9 Å². The fourth-order valence-corrected chi connectivity index (χ4v) is 1.40. The van der Waals surface area contributed by atoms with Gasteiger partial charge in [0, 0.05) is 11.4 Å². The first-order chi connectivity index (χ1) is 7.65. The van der Waals surface area contributed by atoms with Crippen LogP contribution in [0.1, 0.15) is 5.56 Å². The number of hydrogen-bond acceptors (Lipinski definition) is 1. The van der Waals surface area contributed by atoms with Crippen LogP contribution >= 0.6 is 0 Å². The van der Waals surface area contributed by atoms with Crippen LogP contribution in [0.4, 0.5) is 20.2 Å². The molecule has 0 aliphatic heterocycles. The first kappa shape index (κ1) is 10.6. The maximum atomic E-state index is 13.2. The smallest absolute Gasteiger partial charge is 0.128 e. The summed E-state index contributed by atoms with van der Waals surface area (Å²) in [5.41, 5.74) is 1.79. The summed E-state index contributed by atoms with van der Waals surface area (Å²) in [6.07, 6.45) is 0. The topological polar surface area (TPSA) is 12.0 Å². The average Bonchev–Trinajstić information content (AvgIpc) is 2.24. The molecule has 1 nitrogen and oxygen atoms in total. The van der Waals surface area contributed by atoms with Crippen molar-refractivity contribution in [3.8, 4) is 0 Å². The van der Waals surface area contributed by atoms with E-state index in [1.807, 2.05) is 0 Å². The molecule has 0 amide bonds. The Labute approximate surface area is 92.7 Å². The Balaban J connectivity index is 2.24. The molecular weight excluding hydrogens is 208 g/mol. The molecule has 2 aromatic carbocycles. The fraction of sp³-hybridized carbons (Fsp3) is 0.0769. The van der Waals surface area contributed by atoms with Crippen molar-refractivity contribution in [1.29, 1.82) is 0 Å². The van der Waals surface area contributed by atoms with E-state index in [9.17, 15) is 8.78 Å². The van der Waals surface area contributed by atoms with Crippen LogP contribution in [0.15, 0.2) is 42.5 Å². The largest absolute Gasteiger partial charge is 0.355 e. The molecule has 0 saturated carbocycles. The molecule has 0 aliphatic rings. The van der Waals surface area contributed by atoms with Gasteiger partial charge in [0.2, 0.25) is 0 Å². The average molecular weight is 219 g/mol. The van der Waals surface area contributed by atoms with Crippen molar-refractivity contribution < 1.29 is 8.78 Å². The number of halogens is 2. The van der Waals surface area contributed by atoms with Crippen LogP contribution < -0.4 is 5.32 Å². The Morgan fingerprint density at radius 1 is 0.938 bits per heavy atom. The van der Waals surface area contributed by atoms with Gasteiger partial charge in [-0.2, -0.15) is 0 Å². The number of anilines is 2. The van der Waals surface area contributed by atoms with Crippen molar-refractivity contribution in [2.45, 2.75) is 6.92 Å². The minimum Gasteiger partial charge on any atom is -0.355 e. The third kappa shape index (κ3) is 2.37. The molecule has 0 bridgehead atoms. The third-order valence-corrected chi connectivity index (χ3v) is 2.29. The Hall–Kier alpha value is -1.90. The molecule has 0 radical (unpaired) electrons. The molecule has 2 rings (SSSR count). The SMILES string of the molecule is Cc1ccc(Nc2cccc(F)c2)cc1F. The second-order valence-corrected chi connectivity index (χ2v) is 3.60. The van der Waals surface area contributed by atoms with E-state index in [1.54, 1.807) is 31.2 Å². The highest BCUT2D eigenvalue weighted by Crippen LogP contribution is 2.19. The standard InChI is InChI=1S/C13H11F2N/c1-9-5-6-12(8-13(9)15)16-11-4-2-3-10(14)7-11/h2-8,16H,1H3. The third-order valence-electron chi connectivity index (χ3n) is 2.29. The number of aryl methyl sites for hydroxylation is 1. The molecule has 0 aliphatic carbocycles. The summed E-state index contributed by atoms with van der Waals surface area (Å²) in [5, 5.41) is 2.93. The summed E-state index contributed by atoms with van der Waals surface area (Å²) >= 11 is 0. The van der Waals surface area contributed by atoms with E-state index in [-0.39, 0.29) is 11.6 Å². The minimum absolute atomic E-state index is 0.276. The summed E-state index contributed by atoms with van der Waals surface area (Å²) in [5.74, 6) is -0.598. The lowest BCUT2D eigenvalue weighted by Gasteiger charge is -2.07. The second-order valence-electron chi connectivity index (χ2n) is 3.60. The molecule has 16 heavy (non-hydrogen) atoms. The quantitative estimate of drug-likeness (QED) is 0.804. The van der Waals surface area contributed by atoms with Crippen molar-refractivity contribution in [2.24, 2.45) is 0 Å². The predicted octanol–water partition coefficient (Wildman–Crippen LogP) is 4.02. The number of benzene rings is 2. The Morgan fingerprint density at radius 2 is 1.69 bits per heavy atom. The highest BCUT2D eigenvalue weighted by atomic mass is 19.1. The Morgan fingerprint density at radius 3 is 2.38 bits per heavy atom. The zero-order chi connectivity index (χ0) is 11.5. The molecule has 0 saturated heterocycles. The van der Waals surface area contributed by atoms with Gasteiger partial charge in [0.05, 0.1) is 0 Å². The van der Waals surface area contributed by atoms with Crippen molar-refractivity contribution in [3.63, 3.8) is 0 Å². The zero-order valence-corrected chi connectivity index (χ0v) is 8.80. The molecule has 2 aromatic rings. The van der Waals surface area contributed by atoms with Crippen LogP contribution in [0, 0.1) is 18.6 Å². The number of hydrogen-bond donors (Lipinski definition) is 1. The van der Waals surface area contributed by atoms with E-state index in [4.69, 9.17) is 0 Å². The molecule has 0 atom stereocenters. The summed E-state index contributed by atoms with van der Waals surface area (Å²) in [7, 11) is 0. The van der Waals surface area contributed by atoms with Gasteiger partial charge >= 0.3 is 0 Å². The predicted molar refractivity (Wildman–Crippen MR) is 60.8 cm³/mol. The molecule has 82 valence electrons. The van der Waals surface area contributed by atoms with Gasteiger partial charge in [0.25, 0.3) is 0 Å². The van der Waals surface area contributed by atoms with Crippen LogP contribution in [0.2, 0.25) is 0 Å². The molecule has 0 spiro atoms. The van der Waals surface area contributed by atoms with Gasteiger partial charge in [-0.15, -0.1) is 0 Å². The lowest BCUT2D eigenvalue weighted by Crippen LogP contribution is -1.92. The van der Waals surface area contributed by atoms with E-state index >= 15 is 0 Å². The minimum atomic E-state index is -0.322. The highest BCUT2D eigenvalue weighted by Gasteiger charge is 2.00. The van der Waals surface area contributed by atoms with Gasteiger partial charge in [0.1, 0.15) is 11.6 Å². The highest BCUT2D eigenvalue weighted by molar-refractivity contribution is 5.59. The summed E-state index contributed by atoms with van der Waals surface area (Å²) in [6, 6.07) is 10.9. The molecule has 0 heterocycles. The van der Waals surface area contributed by atoms with Gasteiger partial charge in [-0.1, -0.05) is 12.1 Å². The first-order valence-electron chi connectivity index (χ1n) is 4.94. The van der Waals surface area contributed by atoms with E-state index < -0.39 is 0 Å². The second kappa shape index (κ2) is 4.31. The van der Waals surface area contributed by atoms with Gasteiger partial charge < -0.3 is 5.32 Å². The lowest BCUT2D eigenvalue weighted by molar-refractivity contribution is 0.619. The lowest BCUT2D eigenvalue weighted by atomic mass is 10.2. The molecular formula is C13H11F2N. The maximum Gasteiger partial charge on any atom is 0.128 e. The van der Waals surface area contributed by atoms with Gasteiger partial charge in [0.15, 0.2) is 0 Å².